The van der Waals surface area contributed by atoms with Gasteiger partial charge in [0.1, 0.15) is 0 Å². The van der Waals surface area contributed by atoms with Gasteiger partial charge in [0.05, 0.1) is 6.04 Å². The smallest absolute Gasteiger partial charge is 0.0632 e. The molecular formula is C7H15N. The maximum atomic E-state index is 3.92. The third-order valence-electron chi connectivity index (χ3n) is 2.11. The molecule has 1 heteroatoms. The van der Waals surface area contributed by atoms with Crippen LogP contribution in [0.4, 0.5) is 0 Å². The number of nitrogens with one attached hydrogen (secondary N) is 1. The summed E-state index contributed by atoms with van der Waals surface area (Å²) < 4.78 is 0. The summed E-state index contributed by atoms with van der Waals surface area (Å²) in [5.74, 6) is 0.993. The summed E-state index contributed by atoms with van der Waals surface area (Å²) in [6, 6.07) is 0.787. The Morgan fingerprint density at radius 2 is 2.12 bits per heavy atom. The van der Waals surface area contributed by atoms with E-state index in [1.165, 1.54) is 17.7 Å². The number of rotatable bonds is 2. The topological polar surface area (TPSA) is 4.44 Å². The van der Waals surface area contributed by atoms with E-state index in [2.05, 4.69) is 21.0 Å². The largest absolute Gasteiger partial charge is 0.468 e. The van der Waals surface area contributed by atoms with E-state index < -0.39 is 0 Å². The standard InChI is InChI=1S/C7H15N/c1-6(8(2)3)7-4-5-7/h6-8H,2,4-5H2,1,3H3. The molecule has 0 spiro atoms. The fourth-order valence-electron chi connectivity index (χ4n) is 0.999. The maximum absolute atomic E-state index is 3.92. The molecule has 0 bridgehead atoms. The van der Waals surface area contributed by atoms with E-state index in [-0.39, 0.29) is 0 Å². The minimum absolute atomic E-state index is 0.787. The van der Waals surface area contributed by atoms with Crippen LogP contribution in [0.2, 0.25) is 0 Å². The average molecular weight is 113 g/mol. The highest BCUT2D eigenvalue weighted by molar-refractivity contribution is 4.77. The molecular weight excluding hydrogens is 98.1 g/mol. The zero-order valence-corrected chi connectivity index (χ0v) is 5.78. The minimum Gasteiger partial charge on any atom is -0.468 e. The second-order valence-corrected chi connectivity index (χ2v) is 2.97. The molecule has 0 aromatic carbocycles. The Kier molecular flexibility index (Phi) is 1.57. The number of quaternary nitrogens is 1. The van der Waals surface area contributed by atoms with Gasteiger partial charge in [-0.25, -0.2) is 0 Å². The Morgan fingerprint density at radius 1 is 1.62 bits per heavy atom. The average Bonchev–Trinajstić information content (AvgIpc) is 2.43. The molecule has 0 aromatic heterocycles. The van der Waals surface area contributed by atoms with Crippen LogP contribution in [0.25, 0.3) is 0 Å². The molecule has 0 aliphatic heterocycles. The van der Waals surface area contributed by atoms with Crippen molar-refractivity contribution in [3.63, 3.8) is 0 Å². The summed E-state index contributed by atoms with van der Waals surface area (Å²) >= 11 is 0. The van der Waals surface area contributed by atoms with Gasteiger partial charge < -0.3 is 4.90 Å². The lowest BCUT2D eigenvalue weighted by Gasteiger charge is -2.22. The molecule has 1 saturated carbocycles. The van der Waals surface area contributed by atoms with Crippen LogP contribution in [0, 0.1) is 13.0 Å². The second kappa shape index (κ2) is 2.06. The van der Waals surface area contributed by atoms with Crippen molar-refractivity contribution < 1.29 is 4.90 Å². The highest BCUT2D eigenvalue weighted by Gasteiger charge is 2.29. The lowest BCUT2D eigenvalue weighted by molar-refractivity contribution is -0.860. The summed E-state index contributed by atoms with van der Waals surface area (Å²) in [5, 5.41) is 0. The van der Waals surface area contributed by atoms with Crippen LogP contribution in [0.5, 0.6) is 0 Å². The van der Waals surface area contributed by atoms with Crippen molar-refractivity contribution in [2.24, 2.45) is 5.92 Å². The first kappa shape index (κ1) is 6.09. The van der Waals surface area contributed by atoms with E-state index in [0.29, 0.717) is 0 Å². The van der Waals surface area contributed by atoms with Crippen LogP contribution in [0.3, 0.4) is 0 Å². The lowest BCUT2D eigenvalue weighted by Crippen LogP contribution is -3.07. The molecule has 1 nitrogen and oxygen atoms in total. The van der Waals surface area contributed by atoms with Gasteiger partial charge in [-0.1, -0.05) is 0 Å². The van der Waals surface area contributed by atoms with Gasteiger partial charge in [-0.2, -0.15) is 7.05 Å². The van der Waals surface area contributed by atoms with E-state index in [0.717, 1.165) is 12.0 Å². The molecule has 0 amide bonds. The van der Waals surface area contributed by atoms with Crippen molar-refractivity contribution in [1.82, 2.24) is 0 Å². The molecule has 8 heavy (non-hydrogen) atoms. The molecule has 0 heterocycles. The molecule has 2 unspecified atom stereocenters. The van der Waals surface area contributed by atoms with Crippen LogP contribution < -0.4 is 4.90 Å². The normalized spacial score (nSPS) is 27.4. The van der Waals surface area contributed by atoms with Gasteiger partial charge in [0, 0.05) is 13.0 Å². The van der Waals surface area contributed by atoms with Crippen molar-refractivity contribution in [1.29, 1.82) is 0 Å². The highest BCUT2D eigenvalue weighted by Crippen LogP contribution is 2.30. The Labute approximate surface area is 51.7 Å². The Balaban J connectivity index is 2.22. The quantitative estimate of drug-likeness (QED) is 0.484. The highest BCUT2D eigenvalue weighted by atomic mass is 15.1. The molecule has 2 atom stereocenters. The lowest BCUT2D eigenvalue weighted by atomic mass is 10.2. The molecule has 0 saturated heterocycles. The molecule has 48 valence electrons. The first-order valence-electron chi connectivity index (χ1n) is 3.37. The molecule has 1 rings (SSSR count). The van der Waals surface area contributed by atoms with E-state index in [4.69, 9.17) is 0 Å². The summed E-state index contributed by atoms with van der Waals surface area (Å²) in [6.45, 7) is 2.28. The number of hydrogen-bond acceptors (Lipinski definition) is 0. The zero-order valence-electron chi connectivity index (χ0n) is 5.78. The van der Waals surface area contributed by atoms with Gasteiger partial charge in [-0.15, -0.1) is 0 Å². The predicted molar refractivity (Wildman–Crippen MR) is 34.4 cm³/mol. The molecule has 1 aliphatic rings. The van der Waals surface area contributed by atoms with E-state index in [1.807, 2.05) is 0 Å². The molecule has 1 fully saturated rings. The van der Waals surface area contributed by atoms with Crippen LogP contribution in [0.1, 0.15) is 19.8 Å². The van der Waals surface area contributed by atoms with Gasteiger partial charge >= 0.3 is 0 Å². The van der Waals surface area contributed by atoms with Gasteiger partial charge in [-0.3, -0.25) is 0 Å². The fourth-order valence-corrected chi connectivity index (χ4v) is 0.999. The third-order valence-corrected chi connectivity index (χ3v) is 2.11. The van der Waals surface area contributed by atoms with Gasteiger partial charge in [-0.05, 0) is 19.8 Å². The summed E-state index contributed by atoms with van der Waals surface area (Å²) in [5.41, 5.74) is 0. The first-order valence-corrected chi connectivity index (χ1v) is 3.37. The van der Waals surface area contributed by atoms with Gasteiger partial charge in [0.2, 0.25) is 0 Å². The Bertz CT molecular complexity index is 72.5. The third kappa shape index (κ3) is 1.22. The van der Waals surface area contributed by atoms with Crippen molar-refractivity contribution >= 4 is 0 Å². The Morgan fingerprint density at radius 3 is 2.25 bits per heavy atom. The SMILES string of the molecule is [CH2-][NH+](C)C(C)C1CC1. The van der Waals surface area contributed by atoms with Crippen molar-refractivity contribution in [3.8, 4) is 0 Å². The van der Waals surface area contributed by atoms with Gasteiger partial charge in [0.25, 0.3) is 0 Å². The van der Waals surface area contributed by atoms with E-state index >= 15 is 0 Å². The summed E-state index contributed by atoms with van der Waals surface area (Å²) in [6.07, 6.45) is 2.88. The van der Waals surface area contributed by atoms with E-state index in [9.17, 15) is 0 Å². The molecule has 1 aliphatic carbocycles. The zero-order chi connectivity index (χ0) is 6.15. The van der Waals surface area contributed by atoms with Crippen LogP contribution in [-0.4, -0.2) is 13.1 Å². The summed E-state index contributed by atoms with van der Waals surface area (Å²) in [7, 11) is 6.04. The fraction of sp³-hybridized carbons (Fsp3) is 0.857. The minimum atomic E-state index is 0.787. The monoisotopic (exact) mass is 113 g/mol. The molecule has 0 aromatic rings. The van der Waals surface area contributed by atoms with Crippen molar-refractivity contribution in [3.05, 3.63) is 7.05 Å². The predicted octanol–water partition coefficient (Wildman–Crippen LogP) is 0.0912. The number of hydrogen-bond donors (Lipinski definition) is 1. The first-order chi connectivity index (χ1) is 3.72. The summed E-state index contributed by atoms with van der Waals surface area (Å²) in [4.78, 5) is 1.35. The van der Waals surface area contributed by atoms with Crippen molar-refractivity contribution in [2.45, 2.75) is 25.8 Å². The van der Waals surface area contributed by atoms with Crippen LogP contribution in [0.15, 0.2) is 0 Å². The molecule has 1 N–H and O–H groups in total. The Hall–Kier alpha value is -0.0400. The van der Waals surface area contributed by atoms with Gasteiger partial charge in [0.15, 0.2) is 0 Å². The maximum Gasteiger partial charge on any atom is 0.0632 e. The second-order valence-electron chi connectivity index (χ2n) is 2.97. The van der Waals surface area contributed by atoms with Crippen LogP contribution in [-0.2, 0) is 0 Å². The molecule has 0 radical (unpaired) electrons. The van der Waals surface area contributed by atoms with Crippen LogP contribution >= 0.6 is 0 Å². The van der Waals surface area contributed by atoms with E-state index in [1.54, 1.807) is 0 Å². The van der Waals surface area contributed by atoms with Crippen molar-refractivity contribution in [2.75, 3.05) is 7.05 Å².